The molecule has 1 N–H and O–H groups in total. The Balaban J connectivity index is 0.00000320. The second-order valence-corrected chi connectivity index (χ2v) is 10.2. The van der Waals surface area contributed by atoms with Gasteiger partial charge >= 0.3 is 0 Å². The molecule has 1 aromatic carbocycles. The number of hydrogen-bond donors (Lipinski definition) is 1. The molecule has 1 saturated heterocycles. The molecular formula is C23H32ClN3O2S. The van der Waals surface area contributed by atoms with Crippen LogP contribution in [-0.2, 0) is 9.84 Å². The molecule has 0 radical (unpaired) electrons. The number of likely N-dealkylation sites (tertiary alicyclic amines) is 1. The number of nitrogens with zero attached hydrogens (tertiary/aromatic N) is 2. The number of halogens is 1. The maximum absolute atomic E-state index is 11.8. The van der Waals surface area contributed by atoms with Gasteiger partial charge in [-0.2, -0.15) is 0 Å². The van der Waals surface area contributed by atoms with E-state index < -0.39 is 9.84 Å². The summed E-state index contributed by atoms with van der Waals surface area (Å²) in [5.41, 5.74) is 4.17. The van der Waals surface area contributed by atoms with E-state index in [2.05, 4.69) is 29.8 Å². The molecular weight excluding hydrogens is 418 g/mol. The summed E-state index contributed by atoms with van der Waals surface area (Å²) in [6, 6.07) is 9.18. The van der Waals surface area contributed by atoms with Gasteiger partial charge < -0.3 is 9.88 Å². The zero-order chi connectivity index (χ0) is 21.2. The Morgan fingerprint density at radius 1 is 1.00 bits per heavy atom. The maximum atomic E-state index is 11.8. The fourth-order valence-corrected chi connectivity index (χ4v) is 4.30. The minimum absolute atomic E-state index is 0. The number of sulfone groups is 1. The van der Waals surface area contributed by atoms with Crippen LogP contribution in [0.25, 0.3) is 22.7 Å². The highest BCUT2D eigenvalue weighted by molar-refractivity contribution is 7.90. The molecule has 0 aliphatic carbocycles. The fourth-order valence-electron chi connectivity index (χ4n) is 3.66. The molecule has 1 aliphatic rings. The summed E-state index contributed by atoms with van der Waals surface area (Å²) >= 11 is 0. The van der Waals surface area contributed by atoms with Crippen LogP contribution in [0.15, 0.2) is 40.2 Å². The minimum Gasteiger partial charge on any atom is -0.355 e. The summed E-state index contributed by atoms with van der Waals surface area (Å²) in [5, 5.41) is 2.19. The summed E-state index contributed by atoms with van der Waals surface area (Å²) < 4.78 is 23.5. The third-order valence-electron chi connectivity index (χ3n) is 5.16. The van der Waals surface area contributed by atoms with Gasteiger partial charge in [-0.3, -0.25) is 0 Å². The predicted molar refractivity (Wildman–Crippen MR) is 128 cm³/mol. The molecule has 30 heavy (non-hydrogen) atoms. The molecule has 7 heteroatoms. The minimum atomic E-state index is -3.20. The molecule has 0 spiro atoms. The van der Waals surface area contributed by atoms with Crippen LogP contribution in [0.2, 0.25) is 0 Å². The number of aliphatic imine (C=N–C) groups is 1. The molecule has 1 aromatic heterocycles. The highest BCUT2D eigenvalue weighted by Gasteiger charge is 2.16. The maximum Gasteiger partial charge on any atom is 0.175 e. The van der Waals surface area contributed by atoms with Crippen molar-refractivity contribution in [2.24, 2.45) is 4.99 Å². The Labute approximate surface area is 185 Å². The predicted octanol–water partition coefficient (Wildman–Crippen LogP) is 3.73. The normalized spacial score (nSPS) is 15.3. The van der Waals surface area contributed by atoms with Crippen LogP contribution in [0, 0.1) is 0 Å². The highest BCUT2D eigenvalue weighted by Crippen LogP contribution is 2.19. The van der Waals surface area contributed by atoms with E-state index in [1.807, 2.05) is 26.0 Å². The molecule has 0 atom stereocenters. The van der Waals surface area contributed by atoms with Crippen molar-refractivity contribution in [2.45, 2.75) is 51.9 Å². The molecule has 5 nitrogen and oxygen atoms in total. The van der Waals surface area contributed by atoms with Crippen molar-refractivity contribution in [3.63, 3.8) is 0 Å². The summed E-state index contributed by atoms with van der Waals surface area (Å²) in [6.45, 7) is 10.3. The molecule has 3 rings (SSSR count). The van der Waals surface area contributed by atoms with Crippen molar-refractivity contribution in [3.05, 3.63) is 40.9 Å². The highest BCUT2D eigenvalue weighted by atomic mass is 35.5. The van der Waals surface area contributed by atoms with Crippen molar-refractivity contribution in [3.8, 4) is 11.3 Å². The number of nitrogens with one attached hydrogen (secondary N) is 1. The Hall–Kier alpha value is -2.05. The zero-order valence-electron chi connectivity index (χ0n) is 18.4. The number of aromatic nitrogens is 1. The number of aromatic amines is 1. The van der Waals surface area contributed by atoms with Gasteiger partial charge in [0.15, 0.2) is 15.7 Å². The van der Waals surface area contributed by atoms with Gasteiger partial charge in [0.2, 0.25) is 0 Å². The van der Waals surface area contributed by atoms with E-state index in [4.69, 9.17) is 4.99 Å². The molecule has 1 fully saturated rings. The first-order valence-corrected chi connectivity index (χ1v) is 12.0. The summed E-state index contributed by atoms with van der Waals surface area (Å²) in [7, 11) is -3.20. The first-order chi connectivity index (χ1) is 13.7. The number of H-pyrrole nitrogens is 1. The lowest BCUT2D eigenvalue weighted by atomic mass is 10.1. The van der Waals surface area contributed by atoms with Crippen LogP contribution < -0.4 is 10.6 Å². The van der Waals surface area contributed by atoms with Crippen LogP contribution >= 0.6 is 12.4 Å². The van der Waals surface area contributed by atoms with Crippen LogP contribution in [0.5, 0.6) is 0 Å². The largest absolute Gasteiger partial charge is 0.355 e. The molecule has 0 saturated carbocycles. The van der Waals surface area contributed by atoms with E-state index in [0.717, 1.165) is 46.4 Å². The quantitative estimate of drug-likeness (QED) is 0.723. The van der Waals surface area contributed by atoms with Gasteiger partial charge in [0.1, 0.15) is 0 Å². The van der Waals surface area contributed by atoms with E-state index in [-0.39, 0.29) is 12.4 Å². The molecule has 0 amide bonds. The zero-order valence-corrected chi connectivity index (χ0v) is 20.1. The standard InChI is InChI=1S/C23H31N3O2S.ClH/c1-16(2)20-15-21(18-9-11-19(12-10-18)29(5,27)28)25-22(20)23(24-17(3)4)26-13-7-6-8-14-26;/h9-12,15,25H,6-8,13-14H2,1-5H3;1H/b23-22-;. The van der Waals surface area contributed by atoms with Gasteiger partial charge in [-0.1, -0.05) is 17.7 Å². The SMILES string of the molecule is CC(C)=N/C(=c1/[nH]c(-c2ccc(S(C)(=O)=O)cc2)cc1=C(C)C)N1CCCCC1.Cl. The third-order valence-corrected chi connectivity index (χ3v) is 6.29. The topological polar surface area (TPSA) is 65.5 Å². The van der Waals surface area contributed by atoms with E-state index in [0.29, 0.717) is 4.90 Å². The van der Waals surface area contributed by atoms with Gasteiger partial charge in [0.05, 0.1) is 10.2 Å². The molecule has 164 valence electrons. The van der Waals surface area contributed by atoms with E-state index in [9.17, 15) is 8.42 Å². The summed E-state index contributed by atoms with van der Waals surface area (Å²) in [4.78, 5) is 11.2. The van der Waals surface area contributed by atoms with Crippen LogP contribution in [0.1, 0.15) is 47.0 Å². The van der Waals surface area contributed by atoms with Crippen molar-refractivity contribution in [1.82, 2.24) is 9.88 Å². The van der Waals surface area contributed by atoms with Gasteiger partial charge in [-0.25, -0.2) is 13.4 Å². The van der Waals surface area contributed by atoms with E-state index in [1.165, 1.54) is 31.1 Å². The number of benzene rings is 1. The lowest BCUT2D eigenvalue weighted by Gasteiger charge is -2.28. The first kappa shape index (κ1) is 24.2. The van der Waals surface area contributed by atoms with Gasteiger partial charge in [0, 0.05) is 36.0 Å². The van der Waals surface area contributed by atoms with Crippen molar-refractivity contribution in [2.75, 3.05) is 19.3 Å². The van der Waals surface area contributed by atoms with E-state index in [1.54, 1.807) is 12.1 Å². The Kier molecular flexibility index (Phi) is 7.94. The van der Waals surface area contributed by atoms with Gasteiger partial charge in [0.25, 0.3) is 0 Å². The smallest absolute Gasteiger partial charge is 0.175 e. The Morgan fingerprint density at radius 3 is 2.10 bits per heavy atom. The average Bonchev–Trinajstić information content (AvgIpc) is 3.11. The Bertz CT molecular complexity index is 1130. The summed E-state index contributed by atoms with van der Waals surface area (Å²) in [5.74, 6) is 1.000. The number of rotatable bonds is 4. The second kappa shape index (κ2) is 9.84. The van der Waals surface area contributed by atoms with Gasteiger partial charge in [-0.15, -0.1) is 12.4 Å². The van der Waals surface area contributed by atoms with Crippen LogP contribution in [0.4, 0.5) is 0 Å². The Morgan fingerprint density at radius 2 is 1.60 bits per heavy atom. The van der Waals surface area contributed by atoms with Crippen molar-refractivity contribution < 1.29 is 8.42 Å². The monoisotopic (exact) mass is 449 g/mol. The molecule has 2 aromatic rings. The van der Waals surface area contributed by atoms with Crippen LogP contribution in [0.3, 0.4) is 0 Å². The van der Waals surface area contributed by atoms with Crippen LogP contribution in [-0.4, -0.2) is 43.4 Å². The van der Waals surface area contributed by atoms with Crippen molar-refractivity contribution in [1.29, 1.82) is 0 Å². The molecule has 0 bridgehead atoms. The van der Waals surface area contributed by atoms with Gasteiger partial charge in [-0.05, 0) is 70.7 Å². The molecule has 2 heterocycles. The molecule has 0 unspecified atom stereocenters. The fraction of sp³-hybridized carbons (Fsp3) is 0.435. The van der Waals surface area contributed by atoms with E-state index >= 15 is 0 Å². The lowest BCUT2D eigenvalue weighted by Crippen LogP contribution is -2.37. The lowest BCUT2D eigenvalue weighted by molar-refractivity contribution is 0.319. The van der Waals surface area contributed by atoms with Crippen molar-refractivity contribution >= 4 is 39.4 Å². The molecule has 1 aliphatic heterocycles. The third kappa shape index (κ3) is 5.55. The number of piperidine rings is 1. The average molecular weight is 450 g/mol. The summed E-state index contributed by atoms with van der Waals surface area (Å²) in [6.07, 6.45) is 4.87. The second-order valence-electron chi connectivity index (χ2n) is 8.20. The first-order valence-electron chi connectivity index (χ1n) is 10.1. The number of hydrogen-bond acceptors (Lipinski definition) is 4.